The lowest BCUT2D eigenvalue weighted by Crippen LogP contribution is -2.00. The van der Waals surface area contributed by atoms with Crippen molar-refractivity contribution in [3.8, 4) is 34.1 Å². The Morgan fingerprint density at radius 2 is 1.00 bits per heavy atom. The summed E-state index contributed by atoms with van der Waals surface area (Å²) in [4.78, 5) is 0. The van der Waals surface area contributed by atoms with Gasteiger partial charge in [0.1, 0.15) is 23.0 Å². The molecule has 2 nitrogen and oxygen atoms in total. The van der Waals surface area contributed by atoms with Crippen molar-refractivity contribution < 1.29 is 9.47 Å². The van der Waals surface area contributed by atoms with Crippen molar-refractivity contribution in [2.45, 2.75) is 34.6 Å². The van der Waals surface area contributed by atoms with E-state index in [0.29, 0.717) is 0 Å². The summed E-state index contributed by atoms with van der Waals surface area (Å²) in [5.74, 6) is 3.36. The zero-order chi connectivity index (χ0) is 22.0. The number of hydrogen-bond donors (Lipinski definition) is 0. The van der Waals surface area contributed by atoms with Crippen molar-refractivity contribution in [3.05, 3.63) is 107 Å². The van der Waals surface area contributed by atoms with Crippen LogP contribution >= 0.6 is 0 Å². The van der Waals surface area contributed by atoms with Gasteiger partial charge in [-0.1, -0.05) is 60.7 Å². The molecule has 0 saturated carbocycles. The van der Waals surface area contributed by atoms with Crippen LogP contribution in [0.1, 0.15) is 27.8 Å². The fourth-order valence-corrected chi connectivity index (χ4v) is 3.85. The minimum atomic E-state index is 0.813. The van der Waals surface area contributed by atoms with Crippen LogP contribution in [0.2, 0.25) is 0 Å². The third-order valence-electron chi connectivity index (χ3n) is 5.71. The fraction of sp³-hybridized carbons (Fsp3) is 0.172. The first-order valence-corrected chi connectivity index (χ1v) is 10.6. The second-order valence-electron chi connectivity index (χ2n) is 8.07. The Bertz CT molecular complexity index is 1240. The minimum absolute atomic E-state index is 0.813. The van der Waals surface area contributed by atoms with Crippen molar-refractivity contribution in [1.29, 1.82) is 0 Å². The molecule has 4 aromatic rings. The first-order chi connectivity index (χ1) is 15.0. The Balaban J connectivity index is 1.91. The summed E-state index contributed by atoms with van der Waals surface area (Å²) in [6.07, 6.45) is 0. The van der Waals surface area contributed by atoms with E-state index in [1.807, 2.05) is 36.4 Å². The van der Waals surface area contributed by atoms with Crippen LogP contribution < -0.4 is 9.47 Å². The maximum absolute atomic E-state index is 6.59. The van der Waals surface area contributed by atoms with E-state index in [1.165, 1.54) is 11.1 Å². The van der Waals surface area contributed by atoms with E-state index in [1.54, 1.807) is 0 Å². The third-order valence-corrected chi connectivity index (χ3v) is 5.71. The van der Waals surface area contributed by atoms with E-state index in [2.05, 4.69) is 77.1 Å². The van der Waals surface area contributed by atoms with Gasteiger partial charge in [0, 0.05) is 11.1 Å². The molecule has 0 aliphatic carbocycles. The second kappa shape index (κ2) is 8.69. The first kappa shape index (κ1) is 20.7. The highest BCUT2D eigenvalue weighted by Gasteiger charge is 2.20. The fourth-order valence-electron chi connectivity index (χ4n) is 3.85. The molecule has 0 bridgehead atoms. The van der Waals surface area contributed by atoms with Gasteiger partial charge in [-0.3, -0.25) is 0 Å². The molecule has 0 atom stereocenters. The number of hydrogen-bond acceptors (Lipinski definition) is 2. The molecule has 0 aromatic heterocycles. The number of benzene rings is 4. The maximum atomic E-state index is 6.59. The number of rotatable bonds is 5. The molecule has 0 amide bonds. The summed E-state index contributed by atoms with van der Waals surface area (Å²) in [5, 5.41) is 0. The van der Waals surface area contributed by atoms with Crippen LogP contribution in [0.5, 0.6) is 23.0 Å². The van der Waals surface area contributed by atoms with Gasteiger partial charge >= 0.3 is 0 Å². The van der Waals surface area contributed by atoms with Crippen molar-refractivity contribution in [2.24, 2.45) is 0 Å². The van der Waals surface area contributed by atoms with E-state index in [4.69, 9.17) is 9.47 Å². The summed E-state index contributed by atoms with van der Waals surface area (Å²) in [7, 11) is 0. The molecule has 0 aliphatic heterocycles. The number of aryl methyl sites for hydroxylation is 4. The zero-order valence-corrected chi connectivity index (χ0v) is 18.8. The van der Waals surface area contributed by atoms with Crippen molar-refractivity contribution in [1.82, 2.24) is 0 Å². The monoisotopic (exact) mass is 408 g/mol. The molecule has 156 valence electrons. The van der Waals surface area contributed by atoms with E-state index < -0.39 is 0 Å². The molecule has 0 aliphatic rings. The SMILES string of the molecule is Cc1ccccc1Oc1cc(C)c(-c2ccccc2C)c(Oc2ccccc2C)c1C. The van der Waals surface area contributed by atoms with Gasteiger partial charge in [-0.05, 0) is 80.6 Å². The molecule has 4 rings (SSSR count). The van der Waals surface area contributed by atoms with Gasteiger partial charge in [-0.2, -0.15) is 0 Å². The summed E-state index contributed by atoms with van der Waals surface area (Å²) in [5.41, 5.74) is 7.80. The lowest BCUT2D eigenvalue weighted by molar-refractivity contribution is 0.451. The van der Waals surface area contributed by atoms with E-state index >= 15 is 0 Å². The average Bonchev–Trinajstić information content (AvgIpc) is 2.75. The van der Waals surface area contributed by atoms with Gasteiger partial charge in [0.2, 0.25) is 0 Å². The highest BCUT2D eigenvalue weighted by Crippen LogP contribution is 2.45. The largest absolute Gasteiger partial charge is 0.457 e. The molecule has 0 unspecified atom stereocenters. The van der Waals surface area contributed by atoms with Gasteiger partial charge in [-0.15, -0.1) is 0 Å². The smallest absolute Gasteiger partial charge is 0.142 e. The lowest BCUT2D eigenvalue weighted by atomic mass is 9.93. The molecular formula is C29H28O2. The highest BCUT2D eigenvalue weighted by atomic mass is 16.5. The third kappa shape index (κ3) is 4.20. The van der Waals surface area contributed by atoms with Crippen LogP contribution in [0.3, 0.4) is 0 Å². The molecule has 0 fully saturated rings. The van der Waals surface area contributed by atoms with Crippen LogP contribution in [-0.4, -0.2) is 0 Å². The van der Waals surface area contributed by atoms with Crippen molar-refractivity contribution in [2.75, 3.05) is 0 Å². The molecule has 31 heavy (non-hydrogen) atoms. The minimum Gasteiger partial charge on any atom is -0.457 e. The Morgan fingerprint density at radius 1 is 0.484 bits per heavy atom. The van der Waals surface area contributed by atoms with Gasteiger partial charge < -0.3 is 9.47 Å². The van der Waals surface area contributed by atoms with Crippen molar-refractivity contribution in [3.63, 3.8) is 0 Å². The van der Waals surface area contributed by atoms with Crippen LogP contribution in [-0.2, 0) is 0 Å². The summed E-state index contributed by atoms with van der Waals surface area (Å²) in [6.45, 7) is 10.5. The summed E-state index contributed by atoms with van der Waals surface area (Å²) >= 11 is 0. The molecule has 0 heterocycles. The maximum Gasteiger partial charge on any atom is 0.142 e. The van der Waals surface area contributed by atoms with E-state index in [9.17, 15) is 0 Å². The second-order valence-corrected chi connectivity index (χ2v) is 8.07. The van der Waals surface area contributed by atoms with Crippen molar-refractivity contribution >= 4 is 0 Å². The summed E-state index contributed by atoms with van der Waals surface area (Å²) < 4.78 is 13.0. The summed E-state index contributed by atoms with van der Waals surface area (Å²) in [6, 6.07) is 26.8. The van der Waals surface area contributed by atoms with Gasteiger partial charge in [-0.25, -0.2) is 0 Å². The predicted molar refractivity (Wildman–Crippen MR) is 129 cm³/mol. The average molecular weight is 409 g/mol. The number of para-hydroxylation sites is 2. The van der Waals surface area contributed by atoms with Gasteiger partial charge in [0.15, 0.2) is 0 Å². The standard InChI is InChI=1S/C29H28O2/c1-19-12-6-9-15-24(19)28-22(4)18-27(30-25-16-10-7-13-20(25)2)23(5)29(28)31-26-17-11-8-14-21(26)3/h6-18H,1-5H3. The molecule has 0 N–H and O–H groups in total. The highest BCUT2D eigenvalue weighted by molar-refractivity contribution is 5.80. The van der Waals surface area contributed by atoms with Crippen LogP contribution in [0.25, 0.3) is 11.1 Å². The Labute approximate surface area is 185 Å². The Morgan fingerprint density at radius 3 is 1.58 bits per heavy atom. The Kier molecular flexibility index (Phi) is 5.81. The Hall–Kier alpha value is -3.52. The first-order valence-electron chi connectivity index (χ1n) is 10.6. The zero-order valence-electron chi connectivity index (χ0n) is 18.8. The molecule has 0 saturated heterocycles. The van der Waals surface area contributed by atoms with Crippen LogP contribution in [0.15, 0.2) is 78.9 Å². The molecule has 4 aromatic carbocycles. The molecule has 2 heteroatoms. The lowest BCUT2D eigenvalue weighted by Gasteiger charge is -2.22. The van der Waals surface area contributed by atoms with Gasteiger partial charge in [0.05, 0.1) is 0 Å². The van der Waals surface area contributed by atoms with Crippen LogP contribution in [0, 0.1) is 34.6 Å². The molecule has 0 radical (unpaired) electrons. The van der Waals surface area contributed by atoms with E-state index in [0.717, 1.165) is 50.8 Å². The number of ether oxygens (including phenoxy) is 2. The molecule has 0 spiro atoms. The van der Waals surface area contributed by atoms with Crippen LogP contribution in [0.4, 0.5) is 0 Å². The predicted octanol–water partition coefficient (Wildman–Crippen LogP) is 8.48. The van der Waals surface area contributed by atoms with E-state index in [-0.39, 0.29) is 0 Å². The topological polar surface area (TPSA) is 18.5 Å². The normalized spacial score (nSPS) is 10.7. The molecular weight excluding hydrogens is 380 g/mol. The van der Waals surface area contributed by atoms with Gasteiger partial charge in [0.25, 0.3) is 0 Å². The quantitative estimate of drug-likeness (QED) is 0.330.